The van der Waals surface area contributed by atoms with E-state index >= 15 is 0 Å². The zero-order valence-electron chi connectivity index (χ0n) is 11.1. The summed E-state index contributed by atoms with van der Waals surface area (Å²) >= 11 is 0. The van der Waals surface area contributed by atoms with Crippen LogP contribution in [0.25, 0.3) is 0 Å². The molecule has 2 atom stereocenters. The molecule has 1 saturated heterocycles. The lowest BCUT2D eigenvalue weighted by Crippen LogP contribution is -2.53. The summed E-state index contributed by atoms with van der Waals surface area (Å²) in [6.45, 7) is 0.677. The molecule has 1 aromatic carbocycles. The first-order valence-corrected chi connectivity index (χ1v) is 6.83. The van der Waals surface area contributed by atoms with E-state index in [-0.39, 0.29) is 6.61 Å². The number of carbonyl (C=O) groups excluding carboxylic acids is 1. The van der Waals surface area contributed by atoms with Crippen LogP contribution in [-0.4, -0.2) is 34.2 Å². The number of hydrogen-bond acceptors (Lipinski definition) is 3. The molecular formula is C15H17NO4. The number of rotatable bonds is 3. The van der Waals surface area contributed by atoms with E-state index in [1.807, 2.05) is 30.3 Å². The molecule has 1 aliphatic carbocycles. The van der Waals surface area contributed by atoms with E-state index in [1.165, 1.54) is 4.90 Å². The number of fused-ring (bicyclic) bond motifs is 2. The van der Waals surface area contributed by atoms with E-state index in [1.54, 1.807) is 0 Å². The second kappa shape index (κ2) is 4.81. The fraction of sp³-hybridized carbons (Fsp3) is 0.467. The number of nitrogens with zero attached hydrogens (tertiary/aromatic N) is 1. The van der Waals surface area contributed by atoms with E-state index in [2.05, 4.69) is 0 Å². The average Bonchev–Trinajstić information content (AvgIpc) is 3.05. The number of amides is 1. The Labute approximate surface area is 117 Å². The molecule has 20 heavy (non-hydrogen) atoms. The molecule has 1 saturated carbocycles. The van der Waals surface area contributed by atoms with Crippen LogP contribution in [0, 0.1) is 5.92 Å². The number of likely N-dealkylation sites (tertiary alicyclic amines) is 1. The van der Waals surface area contributed by atoms with Crippen LogP contribution >= 0.6 is 0 Å². The molecule has 1 amide bonds. The van der Waals surface area contributed by atoms with E-state index in [9.17, 15) is 14.7 Å². The van der Waals surface area contributed by atoms with Crippen molar-refractivity contribution < 1.29 is 19.4 Å². The lowest BCUT2D eigenvalue weighted by atomic mass is 9.98. The van der Waals surface area contributed by atoms with Crippen LogP contribution < -0.4 is 0 Å². The number of hydrogen-bond donors (Lipinski definition) is 1. The van der Waals surface area contributed by atoms with Gasteiger partial charge < -0.3 is 9.84 Å². The van der Waals surface area contributed by atoms with Crippen LogP contribution in [0.2, 0.25) is 0 Å². The molecule has 2 unspecified atom stereocenters. The lowest BCUT2D eigenvalue weighted by Gasteiger charge is -2.34. The zero-order chi connectivity index (χ0) is 14.2. The zero-order valence-corrected chi connectivity index (χ0v) is 11.1. The Morgan fingerprint density at radius 2 is 2.10 bits per heavy atom. The SMILES string of the molecule is O=C(OCc1ccccc1)N1CC2CCC1(C(=O)O)C2. The maximum absolute atomic E-state index is 12.2. The van der Waals surface area contributed by atoms with Crippen molar-refractivity contribution in [2.24, 2.45) is 5.92 Å². The normalized spacial score (nSPS) is 27.6. The Hall–Kier alpha value is -2.04. The molecule has 0 spiro atoms. The number of piperidine rings is 1. The first-order chi connectivity index (χ1) is 9.62. The molecule has 1 aliphatic heterocycles. The minimum atomic E-state index is -1.03. The van der Waals surface area contributed by atoms with Crippen LogP contribution in [0.3, 0.4) is 0 Å². The predicted octanol–water partition coefficient (Wildman–Crippen LogP) is 2.26. The van der Waals surface area contributed by atoms with Crippen molar-refractivity contribution in [3.63, 3.8) is 0 Å². The molecule has 1 heterocycles. The van der Waals surface area contributed by atoms with E-state index in [0.29, 0.717) is 25.3 Å². The predicted molar refractivity (Wildman–Crippen MR) is 71.0 cm³/mol. The van der Waals surface area contributed by atoms with Crippen LogP contribution in [-0.2, 0) is 16.1 Å². The minimum Gasteiger partial charge on any atom is -0.479 e. The fourth-order valence-corrected chi connectivity index (χ4v) is 3.31. The highest BCUT2D eigenvalue weighted by atomic mass is 16.6. The molecular weight excluding hydrogens is 258 g/mol. The van der Waals surface area contributed by atoms with Crippen molar-refractivity contribution in [2.75, 3.05) is 6.54 Å². The maximum Gasteiger partial charge on any atom is 0.411 e. The third-order valence-electron chi connectivity index (χ3n) is 4.37. The Kier molecular flexibility index (Phi) is 3.12. The summed E-state index contributed by atoms with van der Waals surface area (Å²) in [5.74, 6) is -0.607. The third-order valence-corrected chi connectivity index (χ3v) is 4.37. The summed E-state index contributed by atoms with van der Waals surface area (Å²) in [6, 6.07) is 9.39. The van der Waals surface area contributed by atoms with Crippen molar-refractivity contribution in [1.82, 2.24) is 4.90 Å². The Morgan fingerprint density at radius 1 is 1.35 bits per heavy atom. The first kappa shape index (κ1) is 13.0. The minimum absolute atomic E-state index is 0.177. The highest BCUT2D eigenvalue weighted by molar-refractivity contribution is 5.85. The van der Waals surface area contributed by atoms with Crippen LogP contribution in [0.5, 0.6) is 0 Å². The molecule has 0 aromatic heterocycles. The molecule has 0 radical (unpaired) electrons. The second-order valence-corrected chi connectivity index (χ2v) is 5.60. The van der Waals surface area contributed by atoms with Gasteiger partial charge in [0.1, 0.15) is 12.1 Å². The monoisotopic (exact) mass is 275 g/mol. The summed E-state index contributed by atoms with van der Waals surface area (Å²) in [7, 11) is 0. The fourth-order valence-electron chi connectivity index (χ4n) is 3.31. The van der Waals surface area contributed by atoms with E-state index in [4.69, 9.17) is 4.74 Å². The average molecular weight is 275 g/mol. The van der Waals surface area contributed by atoms with E-state index < -0.39 is 17.6 Å². The quantitative estimate of drug-likeness (QED) is 0.918. The number of ether oxygens (including phenoxy) is 1. The van der Waals surface area contributed by atoms with Crippen molar-refractivity contribution in [3.05, 3.63) is 35.9 Å². The summed E-state index contributed by atoms with van der Waals surface area (Å²) in [5.41, 5.74) is -0.132. The van der Waals surface area contributed by atoms with Gasteiger partial charge >= 0.3 is 12.1 Å². The van der Waals surface area contributed by atoms with Crippen LogP contribution in [0.4, 0.5) is 4.79 Å². The van der Waals surface area contributed by atoms with Crippen LogP contribution in [0.15, 0.2) is 30.3 Å². The summed E-state index contributed by atoms with van der Waals surface area (Å²) in [5, 5.41) is 9.45. The first-order valence-electron chi connectivity index (χ1n) is 6.83. The maximum atomic E-state index is 12.2. The largest absolute Gasteiger partial charge is 0.479 e. The molecule has 5 nitrogen and oxygen atoms in total. The molecule has 2 aliphatic rings. The van der Waals surface area contributed by atoms with Crippen LogP contribution in [0.1, 0.15) is 24.8 Å². The third kappa shape index (κ3) is 2.03. The Balaban J connectivity index is 1.67. The summed E-state index contributed by atoms with van der Waals surface area (Å²) in [4.78, 5) is 25.1. The number of carboxylic acid groups (broad SMARTS) is 1. The van der Waals surface area contributed by atoms with Crippen molar-refractivity contribution in [2.45, 2.75) is 31.4 Å². The Bertz CT molecular complexity index is 530. The van der Waals surface area contributed by atoms with Gasteiger partial charge in [-0.2, -0.15) is 0 Å². The lowest BCUT2D eigenvalue weighted by molar-refractivity contribution is -0.149. The molecule has 2 bridgehead atoms. The molecule has 1 N–H and O–H groups in total. The highest BCUT2D eigenvalue weighted by Gasteiger charge is 2.58. The van der Waals surface area contributed by atoms with Gasteiger partial charge in [-0.3, -0.25) is 4.90 Å². The van der Waals surface area contributed by atoms with E-state index in [0.717, 1.165) is 12.0 Å². The van der Waals surface area contributed by atoms with Gasteiger partial charge in [0.25, 0.3) is 0 Å². The topological polar surface area (TPSA) is 66.8 Å². The number of aliphatic carboxylic acids is 1. The molecule has 3 rings (SSSR count). The van der Waals surface area contributed by atoms with Gasteiger partial charge in [0.05, 0.1) is 0 Å². The van der Waals surface area contributed by atoms with Crippen molar-refractivity contribution in [3.8, 4) is 0 Å². The summed E-state index contributed by atoms with van der Waals surface area (Å²) < 4.78 is 5.26. The number of carboxylic acids is 1. The molecule has 2 fully saturated rings. The molecule has 5 heteroatoms. The highest BCUT2D eigenvalue weighted by Crippen LogP contribution is 2.46. The number of benzene rings is 1. The van der Waals surface area contributed by atoms with Crippen molar-refractivity contribution in [1.29, 1.82) is 0 Å². The van der Waals surface area contributed by atoms with Crippen molar-refractivity contribution >= 4 is 12.1 Å². The van der Waals surface area contributed by atoms with Gasteiger partial charge in [-0.1, -0.05) is 30.3 Å². The van der Waals surface area contributed by atoms with Gasteiger partial charge in [0, 0.05) is 6.54 Å². The molecule has 106 valence electrons. The van der Waals surface area contributed by atoms with Gasteiger partial charge in [-0.25, -0.2) is 9.59 Å². The van der Waals surface area contributed by atoms with Gasteiger partial charge in [-0.05, 0) is 30.7 Å². The van der Waals surface area contributed by atoms with Gasteiger partial charge in [0.15, 0.2) is 0 Å². The molecule has 1 aromatic rings. The number of carbonyl (C=O) groups is 2. The Morgan fingerprint density at radius 3 is 2.75 bits per heavy atom. The van der Waals surface area contributed by atoms with Gasteiger partial charge in [-0.15, -0.1) is 0 Å². The summed E-state index contributed by atoms with van der Waals surface area (Å²) in [6.07, 6.45) is 1.46. The smallest absolute Gasteiger partial charge is 0.411 e. The standard InChI is InChI=1S/C15H17NO4/c17-13(18)15-7-6-12(8-15)9-16(15)14(19)20-10-11-4-2-1-3-5-11/h1-5,12H,6-10H2,(H,17,18). The van der Waals surface area contributed by atoms with Gasteiger partial charge in [0.2, 0.25) is 0 Å². The second-order valence-electron chi connectivity index (χ2n) is 5.60.